The monoisotopic (exact) mass is 322 g/mol. The van der Waals surface area contributed by atoms with Crippen LogP contribution in [0.2, 0.25) is 0 Å². The lowest BCUT2D eigenvalue weighted by atomic mass is 9.95. The van der Waals surface area contributed by atoms with E-state index in [1.807, 2.05) is 0 Å². The van der Waals surface area contributed by atoms with Crippen molar-refractivity contribution in [3.05, 3.63) is 45.5 Å². The maximum absolute atomic E-state index is 11.6. The molecule has 0 heterocycles. The quantitative estimate of drug-likeness (QED) is 0.345. The summed E-state index contributed by atoms with van der Waals surface area (Å²) in [5.74, 6) is -0.747. The molecule has 1 atom stereocenters. The van der Waals surface area contributed by atoms with Gasteiger partial charge in [0.15, 0.2) is 0 Å². The molecule has 0 saturated heterocycles. The Labute approximate surface area is 134 Å². The number of carbonyl (C=O) groups is 1. The van der Waals surface area contributed by atoms with Crippen molar-refractivity contribution in [2.45, 2.75) is 44.2 Å². The summed E-state index contributed by atoms with van der Waals surface area (Å²) in [7, 11) is 0. The van der Waals surface area contributed by atoms with E-state index in [-0.39, 0.29) is 5.56 Å². The molecule has 0 aliphatic heterocycles. The molecular weight excluding hydrogens is 300 g/mol. The topological polar surface area (TPSA) is 102 Å². The Hall–Kier alpha value is -1.99. The Morgan fingerprint density at radius 2 is 1.96 bits per heavy atom. The van der Waals surface area contributed by atoms with Crippen molar-refractivity contribution in [3.8, 4) is 0 Å². The molecule has 23 heavy (non-hydrogen) atoms. The largest absolute Gasteiger partial charge is 0.397 e. The number of carbonyl (C=O) groups excluding carboxylic acids is 1. The Morgan fingerprint density at radius 1 is 1.30 bits per heavy atom. The van der Waals surface area contributed by atoms with Gasteiger partial charge in [-0.15, -0.1) is 0 Å². The van der Waals surface area contributed by atoms with Crippen LogP contribution in [0.1, 0.15) is 54.1 Å². The minimum atomic E-state index is -0.853. The maximum Gasteiger partial charge on any atom is 0.347 e. The molecule has 7 heteroatoms. The molecule has 1 aromatic rings. The summed E-state index contributed by atoms with van der Waals surface area (Å²) >= 11 is 0. The molecule has 0 spiro atoms. The summed E-state index contributed by atoms with van der Waals surface area (Å²) < 4.78 is 4.50. The molecule has 1 fully saturated rings. The van der Waals surface area contributed by atoms with Gasteiger partial charge in [0, 0.05) is 12.6 Å². The van der Waals surface area contributed by atoms with Gasteiger partial charge in [0.1, 0.15) is 0 Å². The van der Waals surface area contributed by atoms with Gasteiger partial charge in [-0.25, -0.2) is 4.79 Å². The highest BCUT2D eigenvalue weighted by atomic mass is 16.7. The van der Waals surface area contributed by atoms with Gasteiger partial charge in [0.25, 0.3) is 0 Å². The van der Waals surface area contributed by atoms with Crippen LogP contribution in [0.15, 0.2) is 24.3 Å². The van der Waals surface area contributed by atoms with Crippen LogP contribution in [0, 0.1) is 10.1 Å². The first-order chi connectivity index (χ1) is 11.1. The standard InChI is InChI=1S/C16H22N2O5/c19-15(10-17-14-4-2-1-3-5-14)12-6-8-13(9-7-12)16(20)23-11-18(21)22/h6-9,14-15,17,19H,1-5,10-11H2. The fourth-order valence-corrected chi connectivity index (χ4v) is 2.74. The first kappa shape index (κ1) is 17.4. The zero-order valence-corrected chi connectivity index (χ0v) is 12.9. The second-order valence-electron chi connectivity index (χ2n) is 5.77. The summed E-state index contributed by atoms with van der Waals surface area (Å²) in [6.07, 6.45) is 5.39. The molecule has 0 amide bonds. The summed E-state index contributed by atoms with van der Waals surface area (Å²) in [6, 6.07) is 6.74. The highest BCUT2D eigenvalue weighted by molar-refractivity contribution is 5.89. The Kier molecular flexibility index (Phi) is 6.49. The van der Waals surface area contributed by atoms with E-state index >= 15 is 0 Å². The number of nitrogens with one attached hydrogen (secondary N) is 1. The molecule has 0 bridgehead atoms. The van der Waals surface area contributed by atoms with Crippen molar-refractivity contribution >= 4 is 5.97 Å². The zero-order valence-electron chi connectivity index (χ0n) is 12.9. The number of esters is 1. The molecule has 1 saturated carbocycles. The van der Waals surface area contributed by atoms with Gasteiger partial charge >= 0.3 is 12.7 Å². The maximum atomic E-state index is 11.6. The van der Waals surface area contributed by atoms with E-state index in [1.165, 1.54) is 31.4 Å². The predicted octanol–water partition coefficient (Wildman–Crippen LogP) is 2.03. The summed E-state index contributed by atoms with van der Waals surface area (Å²) in [5.41, 5.74) is 0.919. The van der Waals surface area contributed by atoms with Crippen LogP contribution in [0.4, 0.5) is 0 Å². The van der Waals surface area contributed by atoms with E-state index in [4.69, 9.17) is 0 Å². The van der Waals surface area contributed by atoms with Gasteiger partial charge in [0.05, 0.1) is 16.6 Å². The smallest absolute Gasteiger partial charge is 0.347 e. The highest BCUT2D eigenvalue weighted by Crippen LogP contribution is 2.19. The minimum absolute atomic E-state index is 0.225. The van der Waals surface area contributed by atoms with Crippen molar-refractivity contribution in [2.75, 3.05) is 13.3 Å². The molecule has 2 rings (SSSR count). The lowest BCUT2D eigenvalue weighted by molar-refractivity contribution is -0.517. The van der Waals surface area contributed by atoms with Crippen molar-refractivity contribution in [1.29, 1.82) is 0 Å². The van der Waals surface area contributed by atoms with Crippen molar-refractivity contribution in [2.24, 2.45) is 0 Å². The van der Waals surface area contributed by atoms with Gasteiger partial charge < -0.3 is 15.2 Å². The number of aliphatic hydroxyl groups excluding tert-OH is 1. The fraction of sp³-hybridized carbons (Fsp3) is 0.562. The van der Waals surface area contributed by atoms with Crippen molar-refractivity contribution in [3.63, 3.8) is 0 Å². The molecule has 0 radical (unpaired) electrons. The number of aliphatic hydroxyl groups is 1. The molecule has 2 N–H and O–H groups in total. The molecule has 1 aliphatic rings. The van der Waals surface area contributed by atoms with E-state index in [1.54, 1.807) is 12.1 Å². The number of hydrogen-bond donors (Lipinski definition) is 2. The molecule has 1 aromatic carbocycles. The first-order valence-electron chi connectivity index (χ1n) is 7.86. The average molecular weight is 322 g/mol. The Balaban J connectivity index is 1.82. The SMILES string of the molecule is O=C(OC[N+](=O)[O-])c1ccc(C(O)CNC2CCCCC2)cc1. The normalized spacial score (nSPS) is 16.7. The van der Waals surface area contributed by atoms with Crippen molar-refractivity contribution < 1.29 is 19.6 Å². The van der Waals surface area contributed by atoms with E-state index in [0.717, 1.165) is 12.8 Å². The van der Waals surface area contributed by atoms with Crippen LogP contribution in [-0.4, -0.2) is 35.3 Å². The van der Waals surface area contributed by atoms with E-state index in [2.05, 4.69) is 10.1 Å². The molecule has 1 aliphatic carbocycles. The Bertz CT molecular complexity index is 526. The minimum Gasteiger partial charge on any atom is -0.397 e. The number of nitrogens with zero attached hydrogens (tertiary/aromatic N) is 1. The summed E-state index contributed by atoms with van der Waals surface area (Å²) in [4.78, 5) is 21.0. The molecular formula is C16H22N2O5. The number of nitro groups is 1. The van der Waals surface area contributed by atoms with E-state index < -0.39 is 23.7 Å². The average Bonchev–Trinajstić information content (AvgIpc) is 2.58. The van der Waals surface area contributed by atoms with Crippen LogP contribution < -0.4 is 5.32 Å². The third-order valence-electron chi connectivity index (χ3n) is 4.04. The van der Waals surface area contributed by atoms with Gasteiger partial charge in [-0.2, -0.15) is 0 Å². The van der Waals surface area contributed by atoms with E-state index in [9.17, 15) is 20.0 Å². The van der Waals surface area contributed by atoms with Crippen LogP contribution in [0.25, 0.3) is 0 Å². The number of ether oxygens (including phenoxy) is 1. The predicted molar refractivity (Wildman–Crippen MR) is 83.6 cm³/mol. The Morgan fingerprint density at radius 3 is 2.57 bits per heavy atom. The fourth-order valence-electron chi connectivity index (χ4n) is 2.74. The van der Waals surface area contributed by atoms with Crippen LogP contribution >= 0.6 is 0 Å². The van der Waals surface area contributed by atoms with Gasteiger partial charge in [0.2, 0.25) is 0 Å². The lowest BCUT2D eigenvalue weighted by Crippen LogP contribution is -2.34. The van der Waals surface area contributed by atoms with Crippen LogP contribution in [0.3, 0.4) is 0 Å². The molecule has 1 unspecified atom stereocenters. The third kappa shape index (κ3) is 5.61. The van der Waals surface area contributed by atoms with Gasteiger partial charge in [-0.05, 0) is 30.5 Å². The van der Waals surface area contributed by atoms with E-state index in [0.29, 0.717) is 18.2 Å². The highest BCUT2D eigenvalue weighted by Gasteiger charge is 2.16. The summed E-state index contributed by atoms with van der Waals surface area (Å²) in [6.45, 7) is -0.385. The lowest BCUT2D eigenvalue weighted by Gasteiger charge is -2.24. The van der Waals surface area contributed by atoms with Gasteiger partial charge in [-0.1, -0.05) is 31.4 Å². The van der Waals surface area contributed by atoms with Gasteiger partial charge in [-0.3, -0.25) is 10.1 Å². The zero-order chi connectivity index (χ0) is 16.7. The third-order valence-corrected chi connectivity index (χ3v) is 4.04. The number of hydrogen-bond acceptors (Lipinski definition) is 6. The second-order valence-corrected chi connectivity index (χ2v) is 5.77. The first-order valence-corrected chi connectivity index (χ1v) is 7.86. The summed E-state index contributed by atoms with van der Waals surface area (Å²) in [5, 5.41) is 23.7. The van der Waals surface area contributed by atoms with Crippen LogP contribution in [0.5, 0.6) is 0 Å². The molecule has 126 valence electrons. The van der Waals surface area contributed by atoms with Crippen LogP contribution in [-0.2, 0) is 4.74 Å². The molecule has 0 aromatic heterocycles. The molecule has 7 nitrogen and oxygen atoms in total. The second kappa shape index (κ2) is 8.59. The number of benzene rings is 1. The van der Waals surface area contributed by atoms with Crippen molar-refractivity contribution in [1.82, 2.24) is 5.32 Å². The number of rotatable bonds is 7.